The fraction of sp³-hybridized carbons (Fsp3) is 0.250. The number of rotatable bonds is 4. The molecular weight excluding hydrogens is 284 g/mol. The van der Waals surface area contributed by atoms with Crippen LogP contribution >= 0.6 is 11.8 Å². The van der Waals surface area contributed by atoms with Gasteiger partial charge in [-0.3, -0.25) is 0 Å². The van der Waals surface area contributed by atoms with Gasteiger partial charge in [-0.15, -0.1) is 0 Å². The van der Waals surface area contributed by atoms with Crippen LogP contribution in [0.15, 0.2) is 40.9 Å². The van der Waals surface area contributed by atoms with E-state index in [9.17, 15) is 5.11 Å². The molecule has 3 aromatic rings. The summed E-state index contributed by atoms with van der Waals surface area (Å²) >= 11 is 1.75. The Hall–Kier alpha value is -2.01. The molecule has 0 spiro atoms. The molecule has 5 heteroatoms. The number of nitrogens with zero attached hydrogens (tertiary/aromatic N) is 2. The molecule has 1 aromatic heterocycles. The number of hydrogen-bond donors (Lipinski definition) is 1. The number of fused-ring (bicyclic) bond motifs is 1. The lowest BCUT2D eigenvalue weighted by molar-refractivity contribution is 0.420. The van der Waals surface area contributed by atoms with E-state index in [-0.39, 0.29) is 5.75 Å². The summed E-state index contributed by atoms with van der Waals surface area (Å²) in [4.78, 5) is 4.36. The number of aromatic hydroxyl groups is 1. The standard InChI is InChI=1S/C16H16N2O2S/c1-10(2)21-9-15-17-16(20-18-15)13-7-11-5-3-4-6-12(11)8-14(13)19/h3-8,10,19H,9H2,1-2H3. The molecule has 108 valence electrons. The summed E-state index contributed by atoms with van der Waals surface area (Å²) in [5.74, 6) is 1.87. The lowest BCUT2D eigenvalue weighted by Gasteiger charge is -2.03. The number of hydrogen-bond acceptors (Lipinski definition) is 5. The fourth-order valence-corrected chi connectivity index (χ4v) is 2.66. The third-order valence-corrected chi connectivity index (χ3v) is 4.20. The first-order valence-electron chi connectivity index (χ1n) is 6.80. The monoisotopic (exact) mass is 300 g/mol. The first-order chi connectivity index (χ1) is 10.1. The third kappa shape index (κ3) is 3.03. The van der Waals surface area contributed by atoms with Crippen LogP contribution in [0.25, 0.3) is 22.2 Å². The number of phenols is 1. The van der Waals surface area contributed by atoms with E-state index in [4.69, 9.17) is 4.52 Å². The van der Waals surface area contributed by atoms with Gasteiger partial charge in [-0.1, -0.05) is 43.3 Å². The van der Waals surface area contributed by atoms with Gasteiger partial charge in [-0.25, -0.2) is 0 Å². The highest BCUT2D eigenvalue weighted by molar-refractivity contribution is 7.99. The van der Waals surface area contributed by atoms with E-state index < -0.39 is 0 Å². The van der Waals surface area contributed by atoms with Gasteiger partial charge in [0.05, 0.1) is 11.3 Å². The zero-order chi connectivity index (χ0) is 14.8. The van der Waals surface area contributed by atoms with Gasteiger partial charge in [0, 0.05) is 0 Å². The zero-order valence-corrected chi connectivity index (χ0v) is 12.7. The molecular formula is C16H16N2O2S. The van der Waals surface area contributed by atoms with Crippen LogP contribution in [0.3, 0.4) is 0 Å². The van der Waals surface area contributed by atoms with Crippen molar-refractivity contribution < 1.29 is 9.63 Å². The highest BCUT2D eigenvalue weighted by Crippen LogP contribution is 2.32. The van der Waals surface area contributed by atoms with Crippen molar-refractivity contribution in [2.45, 2.75) is 24.9 Å². The first-order valence-corrected chi connectivity index (χ1v) is 7.84. The number of benzene rings is 2. The Morgan fingerprint density at radius 1 is 1.19 bits per heavy atom. The second kappa shape index (κ2) is 5.77. The van der Waals surface area contributed by atoms with E-state index in [2.05, 4.69) is 24.0 Å². The van der Waals surface area contributed by atoms with Crippen LogP contribution in [-0.2, 0) is 5.75 Å². The average Bonchev–Trinajstić information content (AvgIpc) is 2.93. The minimum Gasteiger partial charge on any atom is -0.507 e. The maximum Gasteiger partial charge on any atom is 0.261 e. The van der Waals surface area contributed by atoms with Gasteiger partial charge in [-0.05, 0) is 28.2 Å². The molecule has 21 heavy (non-hydrogen) atoms. The Morgan fingerprint density at radius 3 is 2.62 bits per heavy atom. The highest BCUT2D eigenvalue weighted by Gasteiger charge is 2.14. The minimum atomic E-state index is 0.153. The molecule has 0 amide bonds. The highest BCUT2D eigenvalue weighted by atomic mass is 32.2. The number of phenolic OH excluding ortho intramolecular Hbond substituents is 1. The van der Waals surface area contributed by atoms with Crippen molar-refractivity contribution in [1.29, 1.82) is 0 Å². The molecule has 0 aliphatic heterocycles. The normalized spacial score (nSPS) is 11.4. The molecule has 1 heterocycles. The summed E-state index contributed by atoms with van der Waals surface area (Å²) in [5, 5.41) is 16.6. The Kier molecular flexibility index (Phi) is 3.84. The molecule has 0 atom stereocenters. The SMILES string of the molecule is CC(C)SCc1noc(-c2cc3ccccc3cc2O)n1. The van der Waals surface area contributed by atoms with Crippen molar-refractivity contribution in [3.63, 3.8) is 0 Å². The van der Waals surface area contributed by atoms with Crippen molar-refractivity contribution >= 4 is 22.5 Å². The van der Waals surface area contributed by atoms with Crippen molar-refractivity contribution in [2.75, 3.05) is 0 Å². The first kappa shape index (κ1) is 13.9. The Morgan fingerprint density at radius 2 is 1.90 bits per heavy atom. The van der Waals surface area contributed by atoms with E-state index in [1.807, 2.05) is 30.3 Å². The quantitative estimate of drug-likeness (QED) is 0.781. The summed E-state index contributed by atoms with van der Waals surface area (Å²) < 4.78 is 5.28. The van der Waals surface area contributed by atoms with Crippen molar-refractivity contribution in [3.8, 4) is 17.2 Å². The Bertz CT molecular complexity index is 768. The fourth-order valence-electron chi connectivity index (χ4n) is 2.06. The Balaban J connectivity index is 1.94. The largest absolute Gasteiger partial charge is 0.507 e. The Labute approximate surface area is 127 Å². The average molecular weight is 300 g/mol. The molecule has 0 fully saturated rings. The van der Waals surface area contributed by atoms with Gasteiger partial charge < -0.3 is 9.63 Å². The predicted octanol–water partition coefficient (Wildman–Crippen LogP) is 4.24. The maximum atomic E-state index is 10.2. The predicted molar refractivity (Wildman–Crippen MR) is 85.3 cm³/mol. The third-order valence-electron chi connectivity index (χ3n) is 3.11. The molecule has 4 nitrogen and oxygen atoms in total. The van der Waals surface area contributed by atoms with Crippen LogP contribution in [-0.4, -0.2) is 20.5 Å². The molecule has 0 saturated heterocycles. The number of thioether (sulfide) groups is 1. The van der Waals surface area contributed by atoms with E-state index in [1.54, 1.807) is 17.8 Å². The van der Waals surface area contributed by atoms with Gasteiger partial charge in [-0.2, -0.15) is 16.7 Å². The molecule has 0 bridgehead atoms. The van der Waals surface area contributed by atoms with E-state index >= 15 is 0 Å². The molecule has 2 aromatic carbocycles. The smallest absolute Gasteiger partial charge is 0.261 e. The summed E-state index contributed by atoms with van der Waals surface area (Å²) in [7, 11) is 0. The van der Waals surface area contributed by atoms with Crippen LogP contribution in [0.5, 0.6) is 5.75 Å². The van der Waals surface area contributed by atoms with Crippen LogP contribution in [0.1, 0.15) is 19.7 Å². The van der Waals surface area contributed by atoms with E-state index in [0.717, 1.165) is 10.8 Å². The molecule has 0 aliphatic rings. The van der Waals surface area contributed by atoms with Crippen LogP contribution in [0.2, 0.25) is 0 Å². The van der Waals surface area contributed by atoms with Crippen LogP contribution in [0, 0.1) is 0 Å². The van der Waals surface area contributed by atoms with Gasteiger partial charge >= 0.3 is 0 Å². The second-order valence-electron chi connectivity index (χ2n) is 5.09. The minimum absolute atomic E-state index is 0.153. The zero-order valence-electron chi connectivity index (χ0n) is 11.9. The summed E-state index contributed by atoms with van der Waals surface area (Å²) in [5.41, 5.74) is 0.571. The van der Waals surface area contributed by atoms with E-state index in [1.165, 1.54) is 0 Å². The maximum absolute atomic E-state index is 10.2. The van der Waals surface area contributed by atoms with Crippen LogP contribution in [0.4, 0.5) is 0 Å². The van der Waals surface area contributed by atoms with Crippen molar-refractivity contribution in [1.82, 2.24) is 10.1 Å². The summed E-state index contributed by atoms with van der Waals surface area (Å²) in [6.07, 6.45) is 0. The van der Waals surface area contributed by atoms with E-state index in [0.29, 0.717) is 28.3 Å². The van der Waals surface area contributed by atoms with Crippen molar-refractivity contribution in [2.24, 2.45) is 0 Å². The van der Waals surface area contributed by atoms with Gasteiger partial charge in [0.25, 0.3) is 5.89 Å². The second-order valence-corrected chi connectivity index (χ2v) is 6.66. The van der Waals surface area contributed by atoms with Gasteiger partial charge in [0.1, 0.15) is 5.75 Å². The summed E-state index contributed by atoms with van der Waals surface area (Å²) in [6.45, 7) is 4.25. The molecule has 3 rings (SSSR count). The topological polar surface area (TPSA) is 59.2 Å². The molecule has 0 aliphatic carbocycles. The lowest BCUT2D eigenvalue weighted by Crippen LogP contribution is -1.90. The van der Waals surface area contributed by atoms with Gasteiger partial charge in [0.2, 0.25) is 0 Å². The molecule has 1 N–H and O–H groups in total. The molecule has 0 saturated carbocycles. The number of aromatic nitrogens is 2. The summed E-state index contributed by atoms with van der Waals surface area (Å²) in [6, 6.07) is 11.4. The van der Waals surface area contributed by atoms with Gasteiger partial charge in [0.15, 0.2) is 5.82 Å². The lowest BCUT2D eigenvalue weighted by atomic mass is 10.1. The van der Waals surface area contributed by atoms with Crippen LogP contribution < -0.4 is 0 Å². The molecule has 0 radical (unpaired) electrons. The van der Waals surface area contributed by atoms with Crippen molar-refractivity contribution in [3.05, 3.63) is 42.2 Å². The molecule has 0 unspecified atom stereocenters.